The third-order valence-corrected chi connectivity index (χ3v) is 6.22. The second-order valence-corrected chi connectivity index (χ2v) is 8.14. The quantitative estimate of drug-likeness (QED) is 0.759. The van der Waals surface area contributed by atoms with Crippen molar-refractivity contribution in [3.63, 3.8) is 0 Å². The van der Waals surface area contributed by atoms with E-state index in [0.717, 1.165) is 15.6 Å². The van der Waals surface area contributed by atoms with Gasteiger partial charge >= 0.3 is 0 Å². The van der Waals surface area contributed by atoms with Crippen LogP contribution in [0.4, 0.5) is 5.69 Å². The molecule has 3 unspecified atom stereocenters. The van der Waals surface area contributed by atoms with Gasteiger partial charge in [-0.05, 0) is 35.4 Å². The van der Waals surface area contributed by atoms with Crippen LogP contribution >= 0.6 is 27.5 Å². The van der Waals surface area contributed by atoms with Crippen LogP contribution < -0.4 is 5.32 Å². The van der Waals surface area contributed by atoms with Gasteiger partial charge in [-0.25, -0.2) is 0 Å². The molecule has 6 heteroatoms. The van der Waals surface area contributed by atoms with E-state index in [1.165, 1.54) is 0 Å². The predicted octanol–water partition coefficient (Wildman–Crippen LogP) is 4.45. The van der Waals surface area contributed by atoms with E-state index in [9.17, 15) is 9.59 Å². The molecule has 1 N–H and O–H groups in total. The normalized spacial score (nSPS) is 27.5. The average Bonchev–Trinajstić information content (AvgIpc) is 2.88. The summed E-state index contributed by atoms with van der Waals surface area (Å²) in [6.45, 7) is 0. The monoisotopic (exact) mass is 433 g/mol. The van der Waals surface area contributed by atoms with E-state index in [4.69, 9.17) is 16.3 Å². The molecule has 26 heavy (non-hydrogen) atoms. The van der Waals surface area contributed by atoms with E-state index in [-0.39, 0.29) is 24.0 Å². The van der Waals surface area contributed by atoms with Gasteiger partial charge in [0, 0.05) is 41.1 Å². The number of carbonyl (C=O) groups is 2. The summed E-state index contributed by atoms with van der Waals surface area (Å²) < 4.78 is 6.62. The fourth-order valence-corrected chi connectivity index (χ4v) is 5.02. The average molecular weight is 435 g/mol. The standard InChI is InChI=1S/C20H17BrClNO3/c1-26-18-10-14(24)9-16(11-3-2-4-12(21)7-11)20(18)15-6-5-13(22)8-17(15)23-19(20)25/h2-8,16,18H,9-10H2,1H3,(H,23,25). The molecule has 1 heterocycles. The second-order valence-electron chi connectivity index (χ2n) is 6.79. The summed E-state index contributed by atoms with van der Waals surface area (Å²) in [5, 5.41) is 3.52. The molecule has 1 fully saturated rings. The minimum absolute atomic E-state index is 0.0997. The molecule has 2 aromatic rings. The Kier molecular flexibility index (Phi) is 4.41. The summed E-state index contributed by atoms with van der Waals surface area (Å²) in [6, 6.07) is 13.2. The van der Waals surface area contributed by atoms with Crippen molar-refractivity contribution < 1.29 is 14.3 Å². The van der Waals surface area contributed by atoms with Crippen molar-refractivity contribution in [3.8, 4) is 0 Å². The smallest absolute Gasteiger partial charge is 0.238 e. The lowest BCUT2D eigenvalue weighted by Gasteiger charge is -2.44. The Labute approximate surface area is 165 Å². The van der Waals surface area contributed by atoms with Crippen LogP contribution in [-0.4, -0.2) is 24.9 Å². The molecule has 2 aliphatic rings. The Bertz CT molecular complexity index is 916. The van der Waals surface area contributed by atoms with Gasteiger partial charge in [-0.2, -0.15) is 0 Å². The number of benzene rings is 2. The summed E-state index contributed by atoms with van der Waals surface area (Å²) >= 11 is 9.62. The Morgan fingerprint density at radius 1 is 1.19 bits per heavy atom. The highest BCUT2D eigenvalue weighted by Crippen LogP contribution is 2.55. The highest BCUT2D eigenvalue weighted by atomic mass is 79.9. The van der Waals surface area contributed by atoms with Crippen LogP contribution in [-0.2, 0) is 19.7 Å². The molecule has 0 radical (unpaired) electrons. The van der Waals surface area contributed by atoms with Gasteiger partial charge in [-0.1, -0.05) is 45.7 Å². The molecule has 0 saturated heterocycles. The number of ether oxygens (including phenoxy) is 1. The largest absolute Gasteiger partial charge is 0.379 e. The minimum atomic E-state index is -0.955. The number of fused-ring (bicyclic) bond motifs is 2. The van der Waals surface area contributed by atoms with Crippen molar-refractivity contribution in [2.45, 2.75) is 30.3 Å². The van der Waals surface area contributed by atoms with Crippen molar-refractivity contribution in [2.24, 2.45) is 0 Å². The Morgan fingerprint density at radius 2 is 2.00 bits per heavy atom. The SMILES string of the molecule is COC1CC(=O)CC(c2cccc(Br)c2)C12C(=O)Nc1cc(Cl)ccc12. The van der Waals surface area contributed by atoms with E-state index in [1.54, 1.807) is 19.2 Å². The highest BCUT2D eigenvalue weighted by Gasteiger charge is 2.60. The number of carbonyl (C=O) groups excluding carboxylic acids is 2. The van der Waals surface area contributed by atoms with Gasteiger partial charge in [0.15, 0.2) is 0 Å². The van der Waals surface area contributed by atoms with Crippen molar-refractivity contribution >= 4 is 44.9 Å². The number of nitrogens with one attached hydrogen (secondary N) is 1. The number of hydrogen-bond acceptors (Lipinski definition) is 3. The lowest BCUT2D eigenvalue weighted by Crippen LogP contribution is -2.55. The lowest BCUT2D eigenvalue weighted by molar-refractivity contribution is -0.137. The molecule has 1 amide bonds. The van der Waals surface area contributed by atoms with Gasteiger partial charge in [-0.3, -0.25) is 9.59 Å². The first-order valence-corrected chi connectivity index (χ1v) is 9.55. The fraction of sp³-hybridized carbons (Fsp3) is 0.300. The molecule has 1 aliphatic heterocycles. The molecule has 0 bridgehead atoms. The van der Waals surface area contributed by atoms with E-state index in [1.807, 2.05) is 30.3 Å². The molecule has 1 aliphatic carbocycles. The van der Waals surface area contributed by atoms with Crippen LogP contribution in [0, 0.1) is 0 Å². The van der Waals surface area contributed by atoms with Gasteiger partial charge in [0.1, 0.15) is 11.2 Å². The van der Waals surface area contributed by atoms with Crippen LogP contribution in [0.15, 0.2) is 46.9 Å². The number of hydrogen-bond donors (Lipinski definition) is 1. The number of anilines is 1. The minimum Gasteiger partial charge on any atom is -0.379 e. The summed E-state index contributed by atoms with van der Waals surface area (Å²) in [6.07, 6.45) is -0.0161. The zero-order valence-electron chi connectivity index (χ0n) is 14.1. The molecule has 3 atom stereocenters. The van der Waals surface area contributed by atoms with Crippen molar-refractivity contribution in [1.82, 2.24) is 0 Å². The van der Waals surface area contributed by atoms with Gasteiger partial charge in [0.05, 0.1) is 6.10 Å². The summed E-state index contributed by atoms with van der Waals surface area (Å²) in [4.78, 5) is 25.8. The topological polar surface area (TPSA) is 55.4 Å². The fourth-order valence-electron chi connectivity index (χ4n) is 4.43. The van der Waals surface area contributed by atoms with E-state index >= 15 is 0 Å². The van der Waals surface area contributed by atoms with Crippen molar-refractivity contribution in [2.75, 3.05) is 12.4 Å². The van der Waals surface area contributed by atoms with E-state index < -0.39 is 11.5 Å². The maximum atomic E-state index is 13.3. The molecule has 134 valence electrons. The van der Waals surface area contributed by atoms with Gasteiger partial charge < -0.3 is 10.1 Å². The van der Waals surface area contributed by atoms with Crippen LogP contribution in [0.2, 0.25) is 5.02 Å². The summed E-state index contributed by atoms with van der Waals surface area (Å²) in [5.74, 6) is -0.351. The first-order chi connectivity index (χ1) is 12.5. The first-order valence-electron chi connectivity index (χ1n) is 8.38. The Balaban J connectivity index is 1.97. The molecule has 4 nitrogen and oxygen atoms in total. The summed E-state index contributed by atoms with van der Waals surface area (Å²) in [5.41, 5.74) is 1.52. The Morgan fingerprint density at radius 3 is 2.73 bits per heavy atom. The summed E-state index contributed by atoms with van der Waals surface area (Å²) in [7, 11) is 1.56. The maximum absolute atomic E-state index is 13.3. The lowest BCUT2D eigenvalue weighted by atomic mass is 9.59. The number of methoxy groups -OCH3 is 1. The molecule has 4 rings (SSSR count). The third kappa shape index (κ3) is 2.53. The van der Waals surface area contributed by atoms with Crippen molar-refractivity contribution in [1.29, 1.82) is 0 Å². The van der Waals surface area contributed by atoms with Gasteiger partial charge in [-0.15, -0.1) is 0 Å². The van der Waals surface area contributed by atoms with Crippen LogP contribution in [0.3, 0.4) is 0 Å². The molecular weight excluding hydrogens is 418 g/mol. The Hall–Kier alpha value is -1.69. The van der Waals surface area contributed by atoms with Crippen LogP contribution in [0.25, 0.3) is 0 Å². The third-order valence-electron chi connectivity index (χ3n) is 5.49. The zero-order valence-corrected chi connectivity index (χ0v) is 16.4. The number of Topliss-reactive ketones (excluding diaryl/α,β-unsaturated/α-hetero) is 1. The highest BCUT2D eigenvalue weighted by molar-refractivity contribution is 9.10. The van der Waals surface area contributed by atoms with Crippen molar-refractivity contribution in [3.05, 3.63) is 63.1 Å². The molecule has 0 aromatic heterocycles. The van der Waals surface area contributed by atoms with E-state index in [2.05, 4.69) is 21.2 Å². The molecule has 2 aromatic carbocycles. The number of rotatable bonds is 2. The van der Waals surface area contributed by atoms with Crippen LogP contribution in [0.1, 0.15) is 29.9 Å². The second kappa shape index (κ2) is 6.48. The maximum Gasteiger partial charge on any atom is 0.238 e. The van der Waals surface area contributed by atoms with Gasteiger partial charge in [0.2, 0.25) is 5.91 Å². The molecule has 1 spiro atoms. The number of ketones is 1. The predicted molar refractivity (Wildman–Crippen MR) is 104 cm³/mol. The molecule has 1 saturated carbocycles. The van der Waals surface area contributed by atoms with Gasteiger partial charge in [0.25, 0.3) is 0 Å². The van der Waals surface area contributed by atoms with Crippen LogP contribution in [0.5, 0.6) is 0 Å². The first kappa shape index (κ1) is 17.7. The zero-order chi connectivity index (χ0) is 18.5. The number of halogens is 2. The van der Waals surface area contributed by atoms with E-state index in [0.29, 0.717) is 17.1 Å². The number of amides is 1. The molecular formula is C20H17BrClNO3.